The maximum Gasteiger partial charge on any atom is 0.323 e. The molecule has 2 amide bonds. The lowest BCUT2D eigenvalue weighted by molar-refractivity contribution is 0.221. The summed E-state index contributed by atoms with van der Waals surface area (Å²) in [7, 11) is 1.64. The number of urea groups is 1. The predicted molar refractivity (Wildman–Crippen MR) is 168 cm³/mol. The van der Waals surface area contributed by atoms with Crippen molar-refractivity contribution in [1.82, 2.24) is 15.2 Å². The van der Waals surface area contributed by atoms with E-state index in [2.05, 4.69) is 86.3 Å². The van der Waals surface area contributed by atoms with Crippen LogP contribution in [0.2, 0.25) is 0 Å². The smallest absolute Gasteiger partial charge is 0.323 e. The molecule has 0 aliphatic carbocycles. The normalized spacial score (nSPS) is 11.2. The molecule has 7 nitrogen and oxygen atoms in total. The van der Waals surface area contributed by atoms with Crippen LogP contribution in [0.1, 0.15) is 64.2 Å². The van der Waals surface area contributed by atoms with E-state index >= 15 is 0 Å². The van der Waals surface area contributed by atoms with Gasteiger partial charge >= 0.3 is 6.03 Å². The van der Waals surface area contributed by atoms with E-state index in [1.807, 2.05) is 19.1 Å². The van der Waals surface area contributed by atoms with E-state index in [4.69, 9.17) is 15.1 Å². The molecule has 0 fully saturated rings. The highest BCUT2D eigenvalue weighted by atomic mass is 32.2. The summed E-state index contributed by atoms with van der Waals surface area (Å²) in [5.41, 5.74) is 5.51. The van der Waals surface area contributed by atoms with Gasteiger partial charge in [0.1, 0.15) is 5.84 Å². The van der Waals surface area contributed by atoms with Crippen LogP contribution in [0.5, 0.6) is 5.75 Å². The number of ether oxygens (including phenoxy) is 1. The zero-order valence-electron chi connectivity index (χ0n) is 24.6. The number of anilines is 1. The van der Waals surface area contributed by atoms with Crippen molar-refractivity contribution in [1.29, 1.82) is 5.41 Å². The number of hydrogen-bond donors (Lipinski definition) is 3. The highest BCUT2D eigenvalue weighted by Gasteiger charge is 2.17. The lowest BCUT2D eigenvalue weighted by Crippen LogP contribution is -2.43. The third-order valence-corrected chi connectivity index (χ3v) is 7.30. The van der Waals surface area contributed by atoms with Gasteiger partial charge in [0.15, 0.2) is 11.6 Å². The fourth-order valence-electron chi connectivity index (χ4n) is 4.28. The number of nitrogens with one attached hydrogen (secondary N) is 3. The van der Waals surface area contributed by atoms with E-state index in [9.17, 15) is 4.79 Å². The highest BCUT2D eigenvalue weighted by Crippen LogP contribution is 2.29. The molecule has 1 heterocycles. The van der Waals surface area contributed by atoms with Crippen LogP contribution < -0.4 is 14.8 Å². The lowest BCUT2D eigenvalue weighted by atomic mass is 9.87. The number of benzene rings is 2. The van der Waals surface area contributed by atoms with E-state index in [0.717, 1.165) is 41.2 Å². The molecule has 3 aromatic rings. The fourth-order valence-corrected chi connectivity index (χ4v) is 4.70. The number of methoxy groups -OCH3 is 1. The lowest BCUT2D eigenvalue weighted by Gasteiger charge is -2.22. The van der Waals surface area contributed by atoms with Crippen molar-refractivity contribution in [3.8, 4) is 17.0 Å². The number of carbonyl (C=O) groups is 1. The van der Waals surface area contributed by atoms with Crippen molar-refractivity contribution in [2.75, 3.05) is 24.1 Å². The van der Waals surface area contributed by atoms with Crippen LogP contribution in [-0.4, -0.2) is 41.2 Å². The van der Waals surface area contributed by atoms with E-state index in [-0.39, 0.29) is 11.4 Å². The number of amidine groups is 1. The molecule has 0 aliphatic heterocycles. The first-order valence-electron chi connectivity index (χ1n) is 13.9. The van der Waals surface area contributed by atoms with Gasteiger partial charge < -0.3 is 14.8 Å². The molecule has 1 aromatic heterocycles. The van der Waals surface area contributed by atoms with Crippen LogP contribution in [-0.2, 0) is 18.4 Å². The Balaban J connectivity index is 1.50. The van der Waals surface area contributed by atoms with E-state index < -0.39 is 0 Å². The molecule has 0 spiro atoms. The highest BCUT2D eigenvalue weighted by molar-refractivity contribution is 8.00. The van der Waals surface area contributed by atoms with Crippen LogP contribution in [0.25, 0.3) is 11.3 Å². The van der Waals surface area contributed by atoms with Gasteiger partial charge in [-0.1, -0.05) is 88.2 Å². The average Bonchev–Trinajstić information content (AvgIpc) is 2.95. The summed E-state index contributed by atoms with van der Waals surface area (Å²) >= 11 is 1.58. The molecule has 0 aliphatic rings. The maximum atomic E-state index is 12.8. The number of amides is 2. The second-order valence-corrected chi connectivity index (χ2v) is 11.7. The summed E-state index contributed by atoms with van der Waals surface area (Å²) in [6, 6.07) is 20.4. The number of nitrogens with zero attached hydrogens (tertiary/aromatic N) is 2. The van der Waals surface area contributed by atoms with Gasteiger partial charge in [-0.05, 0) is 54.0 Å². The van der Waals surface area contributed by atoms with Crippen LogP contribution in [0.3, 0.4) is 0 Å². The van der Waals surface area contributed by atoms with Gasteiger partial charge in [-0.15, -0.1) is 0 Å². The molecule has 40 heavy (non-hydrogen) atoms. The van der Waals surface area contributed by atoms with Crippen LogP contribution >= 0.6 is 11.9 Å². The van der Waals surface area contributed by atoms with Gasteiger partial charge in [-0.25, -0.2) is 9.78 Å². The number of carbonyl (C=O) groups excluding carboxylic acids is 1. The van der Waals surface area contributed by atoms with Crippen molar-refractivity contribution in [2.45, 2.75) is 65.8 Å². The Bertz CT molecular complexity index is 1250. The van der Waals surface area contributed by atoms with Gasteiger partial charge in [-0.3, -0.25) is 10.3 Å². The van der Waals surface area contributed by atoms with Crippen LogP contribution in [0.15, 0.2) is 60.7 Å². The Morgan fingerprint density at radius 2 is 1.68 bits per heavy atom. The Kier molecular flexibility index (Phi) is 11.4. The van der Waals surface area contributed by atoms with E-state index in [1.165, 1.54) is 16.0 Å². The third kappa shape index (κ3) is 8.74. The Hall–Kier alpha value is -3.52. The minimum Gasteiger partial charge on any atom is -0.493 e. The Morgan fingerprint density at radius 1 is 1.00 bits per heavy atom. The first-order valence-corrected chi connectivity index (χ1v) is 14.9. The summed E-state index contributed by atoms with van der Waals surface area (Å²) in [5, 5.41) is 11.5. The largest absolute Gasteiger partial charge is 0.493 e. The molecule has 0 radical (unpaired) electrons. The fraction of sp³-hybridized carbons (Fsp3) is 0.406. The SMILES string of the molecule is CCSNc1nc(-c2ccc(CCCC(=N)N(CC)C(=O)NCc3ccc(C(C)(C)C)cc3)cc2)ccc1OC. The zero-order valence-corrected chi connectivity index (χ0v) is 25.5. The minimum atomic E-state index is -0.227. The molecule has 0 atom stereocenters. The molecule has 8 heteroatoms. The quantitative estimate of drug-likeness (QED) is 0.120. The Labute approximate surface area is 243 Å². The second-order valence-electron chi connectivity index (χ2n) is 10.6. The number of rotatable bonds is 12. The topological polar surface area (TPSA) is 90.3 Å². The van der Waals surface area contributed by atoms with Gasteiger partial charge in [-0.2, -0.15) is 0 Å². The van der Waals surface area contributed by atoms with E-state index in [1.54, 1.807) is 19.1 Å². The standard InChI is InChI=1S/C32H43N5O2S/c1-7-37(31(38)34-22-24-14-18-26(19-15-24)32(3,4)5)29(33)11-9-10-23-12-16-25(17-13-23)27-20-21-28(39-6)30(35-27)36-40-8-2/h12-21,33H,7-11,22H2,1-6H3,(H,34,38)(H,35,36). The molecular formula is C32H43N5O2S. The van der Waals surface area contributed by atoms with Gasteiger partial charge in [0.25, 0.3) is 0 Å². The number of pyridine rings is 1. The first-order chi connectivity index (χ1) is 19.2. The molecule has 2 aromatic carbocycles. The molecule has 0 saturated heterocycles. The van der Waals surface area contributed by atoms with Gasteiger partial charge in [0.2, 0.25) is 0 Å². The molecule has 214 valence electrons. The summed E-state index contributed by atoms with van der Waals surface area (Å²) in [6.07, 6.45) is 2.16. The van der Waals surface area contributed by atoms with Crippen molar-refractivity contribution in [3.63, 3.8) is 0 Å². The molecule has 3 N–H and O–H groups in total. The minimum absolute atomic E-state index is 0.0979. The molecule has 0 unspecified atom stereocenters. The predicted octanol–water partition coefficient (Wildman–Crippen LogP) is 7.67. The molecule has 0 bridgehead atoms. The summed E-state index contributed by atoms with van der Waals surface area (Å²) in [6.45, 7) is 11.4. The number of aromatic nitrogens is 1. The first kappa shape index (κ1) is 31.0. The number of hydrogen-bond acceptors (Lipinski definition) is 6. The summed E-state index contributed by atoms with van der Waals surface area (Å²) in [4.78, 5) is 19.0. The molecule has 0 saturated carbocycles. The van der Waals surface area contributed by atoms with Crippen LogP contribution in [0.4, 0.5) is 10.6 Å². The van der Waals surface area contributed by atoms with Gasteiger partial charge in [0.05, 0.1) is 12.8 Å². The second kappa shape index (κ2) is 14.7. The van der Waals surface area contributed by atoms with Crippen molar-refractivity contribution < 1.29 is 9.53 Å². The monoisotopic (exact) mass is 561 g/mol. The van der Waals surface area contributed by atoms with Crippen molar-refractivity contribution in [3.05, 3.63) is 77.4 Å². The van der Waals surface area contributed by atoms with E-state index in [0.29, 0.717) is 31.1 Å². The molecular weight excluding hydrogens is 518 g/mol. The summed E-state index contributed by atoms with van der Waals surface area (Å²) in [5.74, 6) is 2.70. The van der Waals surface area contributed by atoms with Gasteiger partial charge in [0, 0.05) is 30.8 Å². The zero-order chi connectivity index (χ0) is 29.1. The number of aryl methyl sites for hydroxylation is 1. The third-order valence-electron chi connectivity index (χ3n) is 6.67. The Morgan fingerprint density at radius 3 is 2.27 bits per heavy atom. The maximum absolute atomic E-state index is 12.8. The van der Waals surface area contributed by atoms with Crippen molar-refractivity contribution >= 4 is 29.6 Å². The van der Waals surface area contributed by atoms with Crippen LogP contribution in [0, 0.1) is 5.41 Å². The average molecular weight is 562 g/mol. The molecule has 3 rings (SSSR count). The summed E-state index contributed by atoms with van der Waals surface area (Å²) < 4.78 is 8.67. The van der Waals surface area contributed by atoms with Crippen molar-refractivity contribution in [2.24, 2.45) is 0 Å².